The Hall–Kier alpha value is -3.24. The molecular formula is C40H68N6O4. The molecule has 282 valence electrons. The summed E-state index contributed by atoms with van der Waals surface area (Å²) in [7, 11) is 0. The van der Waals surface area contributed by atoms with E-state index < -0.39 is 11.8 Å². The normalized spacial score (nSPS) is 15.7. The van der Waals surface area contributed by atoms with Gasteiger partial charge in [-0.3, -0.25) is 19.2 Å². The molecular weight excluding hydrogens is 628 g/mol. The van der Waals surface area contributed by atoms with Gasteiger partial charge >= 0.3 is 0 Å². The molecule has 6 N–H and O–H groups in total. The highest BCUT2D eigenvalue weighted by molar-refractivity contribution is 5.96. The van der Waals surface area contributed by atoms with E-state index in [1.807, 2.05) is 0 Å². The fourth-order valence-corrected chi connectivity index (χ4v) is 6.50. The maximum absolute atomic E-state index is 13.0. The van der Waals surface area contributed by atoms with Gasteiger partial charge in [-0.1, -0.05) is 130 Å². The maximum Gasteiger partial charge on any atom is 0.248 e. The third-order valence-electron chi connectivity index (χ3n) is 9.72. The summed E-state index contributed by atoms with van der Waals surface area (Å²) in [6, 6.07) is -0.467. The minimum atomic E-state index is -0.467. The lowest BCUT2D eigenvalue weighted by Gasteiger charge is -2.28. The highest BCUT2D eigenvalue weighted by Gasteiger charge is 2.27. The Bertz CT molecular complexity index is 1080. The number of rotatable bonds is 27. The van der Waals surface area contributed by atoms with Gasteiger partial charge in [0.2, 0.25) is 23.6 Å². The first kappa shape index (κ1) is 42.9. The zero-order valence-corrected chi connectivity index (χ0v) is 31.6. The molecule has 2 aliphatic heterocycles. The first-order valence-electron chi connectivity index (χ1n) is 19.5. The highest BCUT2D eigenvalue weighted by Crippen LogP contribution is 2.16. The van der Waals surface area contributed by atoms with Crippen LogP contribution in [0.25, 0.3) is 0 Å². The predicted octanol–water partition coefficient (Wildman–Crippen LogP) is 5.99. The Morgan fingerprint density at radius 2 is 0.820 bits per heavy atom. The summed E-state index contributed by atoms with van der Waals surface area (Å²) in [6.07, 6.45) is 30.2. The molecule has 50 heavy (non-hydrogen) atoms. The van der Waals surface area contributed by atoms with Gasteiger partial charge in [0.15, 0.2) is 0 Å². The zero-order valence-electron chi connectivity index (χ0n) is 31.6. The first-order chi connectivity index (χ1) is 24.0. The average molecular weight is 697 g/mol. The third kappa shape index (κ3) is 16.6. The first-order valence-corrected chi connectivity index (χ1v) is 19.5. The minimum absolute atomic E-state index is 0.0387. The van der Waals surface area contributed by atoms with Crippen molar-refractivity contribution in [2.75, 3.05) is 26.2 Å². The van der Waals surface area contributed by atoms with Crippen LogP contribution in [0.2, 0.25) is 0 Å². The van der Waals surface area contributed by atoms with Crippen molar-refractivity contribution in [2.24, 2.45) is 23.3 Å². The van der Waals surface area contributed by atoms with Crippen molar-refractivity contribution < 1.29 is 19.2 Å². The molecule has 2 heterocycles. The van der Waals surface area contributed by atoms with Crippen molar-refractivity contribution in [3.05, 3.63) is 47.9 Å². The summed E-state index contributed by atoms with van der Waals surface area (Å²) in [4.78, 5) is 51.9. The van der Waals surface area contributed by atoms with E-state index in [0.717, 1.165) is 25.9 Å². The van der Waals surface area contributed by atoms with E-state index in [1.54, 1.807) is 46.5 Å². The lowest BCUT2D eigenvalue weighted by molar-refractivity contribution is -0.132. The third-order valence-corrected chi connectivity index (χ3v) is 9.72. The molecule has 0 fully saturated rings. The Morgan fingerprint density at radius 1 is 0.540 bits per heavy atom. The fourth-order valence-electron chi connectivity index (χ4n) is 6.50. The van der Waals surface area contributed by atoms with Gasteiger partial charge in [-0.05, 0) is 49.9 Å². The van der Waals surface area contributed by atoms with Crippen LogP contribution in [-0.4, -0.2) is 71.7 Å². The van der Waals surface area contributed by atoms with Crippen LogP contribution in [0.5, 0.6) is 0 Å². The number of nitrogens with one attached hydrogen (secondary N) is 2. The van der Waals surface area contributed by atoms with Gasteiger partial charge in [0, 0.05) is 36.6 Å². The van der Waals surface area contributed by atoms with E-state index in [0.29, 0.717) is 24.2 Å². The summed E-state index contributed by atoms with van der Waals surface area (Å²) in [5, 5.41) is 6.93. The average Bonchev–Trinajstić information content (AvgIpc) is 3.09. The summed E-state index contributed by atoms with van der Waals surface area (Å²) in [5.41, 5.74) is 11.5. The summed E-state index contributed by atoms with van der Waals surface area (Å²) >= 11 is 0. The van der Waals surface area contributed by atoms with E-state index in [9.17, 15) is 19.2 Å². The standard InChI is InChI=1S/C40H68N6O4/c1-31(2)35(39(49)45-27-21-33(22-28-45)37(41)47)43-25-19-17-15-13-11-9-7-5-6-8-10-12-14-16-18-20-26-44-36(32(3)4)40(50)46-29-23-34(24-30-46)38(42)48/h21-24,27,29,31-32,35-36,43-44H,5-20,25-26,28,30H2,1-4H3,(H2,41,47)(H2,42,48). The second kappa shape index (κ2) is 24.8. The van der Waals surface area contributed by atoms with Crippen LogP contribution in [0.4, 0.5) is 0 Å². The number of hydrogen-bond donors (Lipinski definition) is 4. The molecule has 0 radical (unpaired) electrons. The van der Waals surface area contributed by atoms with Crippen molar-refractivity contribution >= 4 is 23.6 Å². The van der Waals surface area contributed by atoms with Crippen LogP contribution >= 0.6 is 0 Å². The van der Waals surface area contributed by atoms with Gasteiger partial charge in [0.25, 0.3) is 0 Å². The van der Waals surface area contributed by atoms with Crippen molar-refractivity contribution in [2.45, 2.75) is 143 Å². The predicted molar refractivity (Wildman–Crippen MR) is 203 cm³/mol. The van der Waals surface area contributed by atoms with Crippen molar-refractivity contribution in [3.8, 4) is 0 Å². The van der Waals surface area contributed by atoms with Crippen molar-refractivity contribution in [1.82, 2.24) is 20.4 Å². The second-order valence-corrected chi connectivity index (χ2v) is 14.7. The Morgan fingerprint density at radius 3 is 1.04 bits per heavy atom. The van der Waals surface area contributed by atoms with Crippen LogP contribution in [0.1, 0.15) is 130 Å². The van der Waals surface area contributed by atoms with E-state index in [1.165, 1.54) is 89.9 Å². The molecule has 10 heteroatoms. The number of amides is 4. The molecule has 0 bridgehead atoms. The Labute approximate surface area is 302 Å². The summed E-state index contributed by atoms with van der Waals surface area (Å²) < 4.78 is 0. The topological polar surface area (TPSA) is 151 Å². The zero-order chi connectivity index (χ0) is 36.7. The van der Waals surface area contributed by atoms with Gasteiger partial charge in [0.05, 0.1) is 12.1 Å². The molecule has 0 aromatic carbocycles. The number of unbranched alkanes of at least 4 members (excludes halogenated alkanes) is 15. The van der Waals surface area contributed by atoms with Gasteiger partial charge in [0.1, 0.15) is 0 Å². The molecule has 2 aliphatic rings. The SMILES string of the molecule is CC(C)C(NCCCCCCCCCCCCCCCCCCNC(C(=O)N1C=CC(C(N)=O)=CC1)C(C)C)C(=O)N1C=CC(C(N)=O)=CC1. The van der Waals surface area contributed by atoms with Gasteiger partial charge in [-0.15, -0.1) is 0 Å². The molecule has 2 unspecified atom stereocenters. The van der Waals surface area contributed by atoms with E-state index >= 15 is 0 Å². The van der Waals surface area contributed by atoms with Crippen LogP contribution < -0.4 is 22.1 Å². The Balaban J connectivity index is 1.38. The molecule has 0 saturated heterocycles. The van der Waals surface area contributed by atoms with Gasteiger partial charge < -0.3 is 31.9 Å². The number of primary amides is 2. The molecule has 0 aromatic heterocycles. The number of hydrogen-bond acceptors (Lipinski definition) is 6. The molecule has 0 aromatic rings. The second-order valence-electron chi connectivity index (χ2n) is 14.7. The molecule has 0 aliphatic carbocycles. The van der Waals surface area contributed by atoms with Crippen molar-refractivity contribution in [1.29, 1.82) is 0 Å². The highest BCUT2D eigenvalue weighted by atomic mass is 16.2. The quantitative estimate of drug-likeness (QED) is 0.0775. The fraction of sp³-hybridized carbons (Fsp3) is 0.700. The maximum atomic E-state index is 13.0. The van der Waals surface area contributed by atoms with E-state index in [2.05, 4.69) is 38.3 Å². The number of nitrogens with zero attached hydrogens (tertiary/aromatic N) is 2. The monoisotopic (exact) mass is 697 g/mol. The number of carbonyl (C=O) groups is 4. The summed E-state index contributed by atoms with van der Waals surface area (Å²) in [5.74, 6) is -0.488. The lowest BCUT2D eigenvalue weighted by atomic mass is 10.0. The van der Waals surface area contributed by atoms with Crippen LogP contribution in [0.15, 0.2) is 47.9 Å². The number of carbonyl (C=O) groups excluding carboxylic acids is 4. The van der Waals surface area contributed by atoms with E-state index in [-0.39, 0.29) is 35.7 Å². The Kier molecular flexibility index (Phi) is 21.3. The molecule has 0 saturated carbocycles. The van der Waals surface area contributed by atoms with Gasteiger partial charge in [-0.2, -0.15) is 0 Å². The summed E-state index contributed by atoms with van der Waals surface area (Å²) in [6.45, 7) is 10.7. The molecule has 4 amide bonds. The largest absolute Gasteiger partial charge is 0.366 e. The smallest absolute Gasteiger partial charge is 0.248 e. The van der Waals surface area contributed by atoms with Crippen LogP contribution in [0, 0.1) is 11.8 Å². The number of nitrogens with two attached hydrogens (primary N) is 2. The van der Waals surface area contributed by atoms with Crippen molar-refractivity contribution in [3.63, 3.8) is 0 Å². The molecule has 10 nitrogen and oxygen atoms in total. The molecule has 2 rings (SSSR count). The minimum Gasteiger partial charge on any atom is -0.366 e. The van der Waals surface area contributed by atoms with Gasteiger partial charge in [-0.25, -0.2) is 0 Å². The molecule has 0 spiro atoms. The van der Waals surface area contributed by atoms with Crippen LogP contribution in [0.3, 0.4) is 0 Å². The van der Waals surface area contributed by atoms with Crippen LogP contribution in [-0.2, 0) is 19.2 Å². The molecule has 2 atom stereocenters. The van der Waals surface area contributed by atoms with E-state index in [4.69, 9.17) is 11.5 Å². The lowest BCUT2D eigenvalue weighted by Crippen LogP contribution is -2.48.